The van der Waals surface area contributed by atoms with Gasteiger partial charge in [0.05, 0.1) is 0 Å². The highest BCUT2D eigenvalue weighted by molar-refractivity contribution is 7.97. The normalized spacial score (nSPS) is 13.6. The van der Waals surface area contributed by atoms with Gasteiger partial charge in [-0.25, -0.2) is 0 Å². The van der Waals surface area contributed by atoms with E-state index in [1.165, 1.54) is 5.56 Å². The Bertz CT molecular complexity index is 756. The second kappa shape index (κ2) is 7.53. The molecule has 4 nitrogen and oxygen atoms in total. The number of benzene rings is 2. The summed E-state index contributed by atoms with van der Waals surface area (Å²) in [7, 11) is 0. The van der Waals surface area contributed by atoms with Crippen molar-refractivity contribution in [3.63, 3.8) is 0 Å². The molecule has 0 saturated carbocycles. The van der Waals surface area contributed by atoms with Crippen molar-refractivity contribution in [1.82, 2.24) is 0 Å². The van der Waals surface area contributed by atoms with Crippen molar-refractivity contribution in [3.05, 3.63) is 59.2 Å². The van der Waals surface area contributed by atoms with E-state index in [1.807, 2.05) is 42.5 Å². The van der Waals surface area contributed by atoms with Crippen molar-refractivity contribution < 1.29 is 9.59 Å². The Balaban J connectivity index is 1.72. The number of rotatable bonds is 4. The molecule has 2 N–H and O–H groups in total. The standard InChI is InChI=1S/C19H20N2O2S/c1-24-12-13-5-7-14(8-6-13)19(23)20-16-9-10-17-15(11-16)3-2-4-18(22)21-17/h5-11H,2-4,12H2,1H3,(H,20,23)(H,21,22). The first kappa shape index (κ1) is 16.6. The van der Waals surface area contributed by atoms with Gasteiger partial charge in [0.15, 0.2) is 0 Å². The highest BCUT2D eigenvalue weighted by atomic mass is 32.2. The third kappa shape index (κ3) is 3.97. The Morgan fingerprint density at radius 3 is 2.71 bits per heavy atom. The van der Waals surface area contributed by atoms with Gasteiger partial charge in [0.2, 0.25) is 5.91 Å². The summed E-state index contributed by atoms with van der Waals surface area (Å²) in [6.45, 7) is 0. The minimum Gasteiger partial charge on any atom is -0.326 e. The van der Waals surface area contributed by atoms with E-state index in [2.05, 4.69) is 16.9 Å². The Morgan fingerprint density at radius 2 is 1.96 bits per heavy atom. The summed E-state index contributed by atoms with van der Waals surface area (Å²) in [4.78, 5) is 24.0. The van der Waals surface area contributed by atoms with Crippen LogP contribution in [-0.4, -0.2) is 18.1 Å². The van der Waals surface area contributed by atoms with Crippen LogP contribution in [-0.2, 0) is 17.0 Å². The molecule has 0 fully saturated rings. The molecule has 0 aromatic heterocycles. The molecular formula is C19H20N2O2S. The number of anilines is 2. The molecule has 0 radical (unpaired) electrons. The van der Waals surface area contributed by atoms with Crippen molar-refractivity contribution in [2.45, 2.75) is 25.0 Å². The summed E-state index contributed by atoms with van der Waals surface area (Å²) < 4.78 is 0. The molecule has 0 atom stereocenters. The Kier molecular flexibility index (Phi) is 5.20. The first-order chi connectivity index (χ1) is 11.7. The predicted molar refractivity (Wildman–Crippen MR) is 99.6 cm³/mol. The molecule has 0 bridgehead atoms. The molecule has 2 amide bonds. The van der Waals surface area contributed by atoms with Crippen molar-refractivity contribution >= 4 is 35.0 Å². The van der Waals surface area contributed by atoms with Gasteiger partial charge in [-0.2, -0.15) is 11.8 Å². The number of amides is 2. The molecule has 3 rings (SSSR count). The quantitative estimate of drug-likeness (QED) is 0.882. The molecule has 2 aromatic carbocycles. The highest BCUT2D eigenvalue weighted by Gasteiger charge is 2.14. The lowest BCUT2D eigenvalue weighted by Crippen LogP contribution is -2.12. The van der Waals surface area contributed by atoms with E-state index >= 15 is 0 Å². The Labute approximate surface area is 146 Å². The molecule has 1 aliphatic heterocycles. The zero-order valence-electron chi connectivity index (χ0n) is 13.6. The maximum absolute atomic E-state index is 12.4. The topological polar surface area (TPSA) is 58.2 Å². The average molecular weight is 340 g/mol. The van der Waals surface area contributed by atoms with Gasteiger partial charge in [0.25, 0.3) is 5.91 Å². The molecule has 1 aliphatic rings. The SMILES string of the molecule is CSCc1ccc(C(=O)Nc2ccc3c(c2)CCCC(=O)N3)cc1. The highest BCUT2D eigenvalue weighted by Crippen LogP contribution is 2.25. The summed E-state index contributed by atoms with van der Waals surface area (Å²) in [5.41, 5.74) is 4.51. The fourth-order valence-electron chi connectivity index (χ4n) is 2.77. The molecule has 0 spiro atoms. The van der Waals surface area contributed by atoms with Gasteiger partial charge in [-0.15, -0.1) is 0 Å². The third-order valence-corrected chi connectivity index (χ3v) is 4.64. The summed E-state index contributed by atoms with van der Waals surface area (Å²) in [5.74, 6) is 0.873. The number of nitrogens with one attached hydrogen (secondary N) is 2. The lowest BCUT2D eigenvalue weighted by molar-refractivity contribution is -0.116. The van der Waals surface area contributed by atoms with Crippen LogP contribution >= 0.6 is 11.8 Å². The van der Waals surface area contributed by atoms with Crippen LogP contribution < -0.4 is 10.6 Å². The molecule has 0 unspecified atom stereocenters. The van der Waals surface area contributed by atoms with Crippen LogP contribution in [0.2, 0.25) is 0 Å². The van der Waals surface area contributed by atoms with E-state index in [-0.39, 0.29) is 11.8 Å². The van der Waals surface area contributed by atoms with Gasteiger partial charge in [-0.1, -0.05) is 12.1 Å². The first-order valence-electron chi connectivity index (χ1n) is 7.98. The molecule has 24 heavy (non-hydrogen) atoms. The van der Waals surface area contributed by atoms with Crippen LogP contribution in [0.5, 0.6) is 0 Å². The number of carbonyl (C=O) groups is 2. The summed E-state index contributed by atoms with van der Waals surface area (Å²) in [6.07, 6.45) is 4.26. The van der Waals surface area contributed by atoms with Gasteiger partial charge in [0, 0.05) is 29.1 Å². The van der Waals surface area contributed by atoms with Gasteiger partial charge >= 0.3 is 0 Å². The number of hydrogen-bond donors (Lipinski definition) is 2. The van der Waals surface area contributed by atoms with Gasteiger partial charge in [-0.05, 0) is 60.6 Å². The van der Waals surface area contributed by atoms with Crippen LogP contribution in [0.4, 0.5) is 11.4 Å². The van der Waals surface area contributed by atoms with Crippen molar-refractivity contribution in [1.29, 1.82) is 0 Å². The largest absolute Gasteiger partial charge is 0.326 e. The minimum absolute atomic E-state index is 0.0517. The van der Waals surface area contributed by atoms with E-state index in [4.69, 9.17) is 0 Å². The number of fused-ring (bicyclic) bond motifs is 1. The monoisotopic (exact) mass is 340 g/mol. The molecular weight excluding hydrogens is 320 g/mol. The van der Waals surface area contributed by atoms with E-state index < -0.39 is 0 Å². The Morgan fingerprint density at radius 1 is 1.17 bits per heavy atom. The molecule has 2 aromatic rings. The van der Waals surface area contributed by atoms with Crippen LogP contribution in [0, 0.1) is 0 Å². The van der Waals surface area contributed by atoms with Crippen molar-refractivity contribution in [2.75, 3.05) is 16.9 Å². The molecule has 0 saturated heterocycles. The fraction of sp³-hybridized carbons (Fsp3) is 0.263. The number of carbonyl (C=O) groups excluding carboxylic acids is 2. The van der Waals surface area contributed by atoms with Gasteiger partial charge < -0.3 is 10.6 Å². The van der Waals surface area contributed by atoms with Crippen LogP contribution in [0.25, 0.3) is 0 Å². The van der Waals surface area contributed by atoms with Crippen molar-refractivity contribution in [3.8, 4) is 0 Å². The average Bonchev–Trinajstić information content (AvgIpc) is 2.76. The van der Waals surface area contributed by atoms with E-state index in [0.717, 1.165) is 35.5 Å². The zero-order chi connectivity index (χ0) is 16.9. The number of aryl methyl sites for hydroxylation is 1. The summed E-state index contributed by atoms with van der Waals surface area (Å²) in [5, 5.41) is 5.83. The summed E-state index contributed by atoms with van der Waals surface area (Å²) in [6, 6.07) is 13.3. The third-order valence-electron chi connectivity index (χ3n) is 4.01. The van der Waals surface area contributed by atoms with E-state index in [9.17, 15) is 9.59 Å². The lowest BCUT2D eigenvalue weighted by atomic mass is 10.1. The fourth-order valence-corrected chi connectivity index (χ4v) is 3.30. The minimum atomic E-state index is -0.122. The maximum Gasteiger partial charge on any atom is 0.255 e. The van der Waals surface area contributed by atoms with E-state index in [0.29, 0.717) is 12.0 Å². The lowest BCUT2D eigenvalue weighted by Gasteiger charge is -2.11. The predicted octanol–water partition coefficient (Wildman–Crippen LogP) is 4.08. The van der Waals surface area contributed by atoms with Crippen molar-refractivity contribution in [2.24, 2.45) is 0 Å². The van der Waals surface area contributed by atoms with Crippen LogP contribution in [0.15, 0.2) is 42.5 Å². The molecule has 124 valence electrons. The maximum atomic E-state index is 12.4. The second-order valence-corrected chi connectivity index (χ2v) is 6.72. The van der Waals surface area contributed by atoms with Crippen LogP contribution in [0.1, 0.15) is 34.3 Å². The molecule has 0 aliphatic carbocycles. The number of thioether (sulfide) groups is 1. The molecule has 1 heterocycles. The van der Waals surface area contributed by atoms with Gasteiger partial charge in [-0.3, -0.25) is 9.59 Å². The zero-order valence-corrected chi connectivity index (χ0v) is 14.4. The summed E-state index contributed by atoms with van der Waals surface area (Å²) >= 11 is 1.76. The van der Waals surface area contributed by atoms with Crippen LogP contribution in [0.3, 0.4) is 0 Å². The number of hydrogen-bond acceptors (Lipinski definition) is 3. The second-order valence-electron chi connectivity index (χ2n) is 5.86. The Hall–Kier alpha value is -2.27. The van der Waals surface area contributed by atoms with E-state index in [1.54, 1.807) is 11.8 Å². The van der Waals surface area contributed by atoms with Gasteiger partial charge in [0.1, 0.15) is 0 Å². The first-order valence-corrected chi connectivity index (χ1v) is 9.37. The molecule has 5 heteroatoms. The smallest absolute Gasteiger partial charge is 0.255 e.